The number of pyridine rings is 1. The molecule has 2 N–H and O–H groups in total. The third-order valence-corrected chi connectivity index (χ3v) is 4.00. The maximum atomic E-state index is 5.28. The number of hydrogen-bond donors (Lipinski definition) is 2. The number of rotatable bonds is 7. The van der Waals surface area contributed by atoms with Gasteiger partial charge in [0.2, 0.25) is 0 Å². The minimum Gasteiger partial charge on any atom is -0.497 e. The Bertz CT molecular complexity index is 843. The van der Waals surface area contributed by atoms with Crippen LogP contribution in [0.25, 0.3) is 22.3 Å². The SMILES string of the molecule is C#CCCCCNc1ccnc2[nH]c(-c3ccc(OC)cc3)cc12. The number of benzene rings is 1. The Morgan fingerprint density at radius 3 is 2.79 bits per heavy atom. The Hall–Kier alpha value is -2.93. The van der Waals surface area contributed by atoms with E-state index in [0.717, 1.165) is 59.5 Å². The van der Waals surface area contributed by atoms with E-state index < -0.39 is 0 Å². The molecule has 0 radical (unpaired) electrons. The van der Waals surface area contributed by atoms with Gasteiger partial charge < -0.3 is 15.0 Å². The Labute approximate surface area is 142 Å². The summed E-state index contributed by atoms with van der Waals surface area (Å²) in [4.78, 5) is 7.81. The molecule has 0 bridgehead atoms. The van der Waals surface area contributed by atoms with Crippen molar-refractivity contribution in [2.24, 2.45) is 0 Å². The number of nitrogens with zero attached hydrogens (tertiary/aromatic N) is 1. The molecule has 0 saturated carbocycles. The Kier molecular flexibility index (Phi) is 5.02. The quantitative estimate of drug-likeness (QED) is 0.499. The lowest BCUT2D eigenvalue weighted by molar-refractivity contribution is 0.415. The number of aromatic amines is 1. The summed E-state index contributed by atoms with van der Waals surface area (Å²) in [5, 5.41) is 4.58. The number of anilines is 1. The van der Waals surface area contributed by atoms with Crippen molar-refractivity contribution in [1.29, 1.82) is 0 Å². The van der Waals surface area contributed by atoms with Crippen LogP contribution in [-0.2, 0) is 0 Å². The highest BCUT2D eigenvalue weighted by Gasteiger charge is 2.08. The van der Waals surface area contributed by atoms with Crippen molar-refractivity contribution >= 4 is 16.7 Å². The lowest BCUT2D eigenvalue weighted by atomic mass is 10.1. The normalized spacial score (nSPS) is 10.5. The molecule has 0 aliphatic heterocycles. The van der Waals surface area contributed by atoms with E-state index >= 15 is 0 Å². The lowest BCUT2D eigenvalue weighted by Crippen LogP contribution is -2.01. The molecule has 3 rings (SSSR count). The van der Waals surface area contributed by atoms with Gasteiger partial charge in [-0.05, 0) is 54.8 Å². The minimum absolute atomic E-state index is 0.833. The van der Waals surface area contributed by atoms with E-state index in [-0.39, 0.29) is 0 Å². The van der Waals surface area contributed by atoms with Crippen molar-refractivity contribution in [1.82, 2.24) is 9.97 Å². The number of aromatic nitrogens is 2. The number of fused-ring (bicyclic) bond motifs is 1. The van der Waals surface area contributed by atoms with E-state index in [2.05, 4.69) is 27.3 Å². The number of ether oxygens (including phenoxy) is 1. The summed E-state index contributed by atoms with van der Waals surface area (Å²) in [6.45, 7) is 0.907. The fourth-order valence-electron chi connectivity index (χ4n) is 2.68. The van der Waals surface area contributed by atoms with Crippen LogP contribution in [0.5, 0.6) is 5.75 Å². The third-order valence-electron chi connectivity index (χ3n) is 4.00. The molecule has 3 aromatic rings. The van der Waals surface area contributed by atoms with Gasteiger partial charge in [-0.2, -0.15) is 0 Å². The predicted octanol–water partition coefficient (Wildman–Crippen LogP) is 4.45. The highest BCUT2D eigenvalue weighted by molar-refractivity contribution is 5.93. The molecule has 2 aromatic heterocycles. The molecule has 1 aromatic carbocycles. The van der Waals surface area contributed by atoms with Gasteiger partial charge in [-0.25, -0.2) is 4.98 Å². The summed E-state index contributed by atoms with van der Waals surface area (Å²) in [5.41, 5.74) is 4.13. The Balaban J connectivity index is 1.80. The van der Waals surface area contributed by atoms with Crippen LogP contribution in [0.3, 0.4) is 0 Å². The molecule has 122 valence electrons. The lowest BCUT2D eigenvalue weighted by Gasteiger charge is -2.06. The largest absolute Gasteiger partial charge is 0.497 e. The summed E-state index contributed by atoms with van der Waals surface area (Å²) < 4.78 is 5.21. The molecule has 0 atom stereocenters. The predicted molar refractivity (Wildman–Crippen MR) is 99.3 cm³/mol. The second-order valence-corrected chi connectivity index (χ2v) is 5.62. The van der Waals surface area contributed by atoms with Crippen LogP contribution in [-0.4, -0.2) is 23.6 Å². The first-order valence-corrected chi connectivity index (χ1v) is 8.11. The average molecular weight is 319 g/mol. The van der Waals surface area contributed by atoms with Crippen LogP contribution in [0.2, 0.25) is 0 Å². The van der Waals surface area contributed by atoms with Gasteiger partial charge >= 0.3 is 0 Å². The van der Waals surface area contributed by atoms with Crippen LogP contribution >= 0.6 is 0 Å². The zero-order valence-corrected chi connectivity index (χ0v) is 13.8. The molecule has 0 saturated heterocycles. The summed E-state index contributed by atoms with van der Waals surface area (Å²) in [7, 11) is 1.67. The number of hydrogen-bond acceptors (Lipinski definition) is 3. The van der Waals surface area contributed by atoms with Gasteiger partial charge in [-0.15, -0.1) is 12.3 Å². The second kappa shape index (κ2) is 7.56. The molecular formula is C20H21N3O. The number of nitrogens with one attached hydrogen (secondary N) is 2. The van der Waals surface area contributed by atoms with E-state index in [1.807, 2.05) is 36.5 Å². The van der Waals surface area contributed by atoms with E-state index in [0.29, 0.717) is 0 Å². The standard InChI is InChI=1S/C20H21N3O/c1-3-4-5-6-12-21-18-11-13-22-20-17(18)14-19(23-20)15-7-9-16(24-2)10-8-15/h1,7-11,13-14H,4-6,12H2,2H3,(H2,21,22,23). The average Bonchev–Trinajstić information content (AvgIpc) is 3.06. The number of unbranched alkanes of at least 4 members (excludes halogenated alkanes) is 2. The number of H-pyrrole nitrogens is 1. The molecular weight excluding hydrogens is 298 g/mol. The second-order valence-electron chi connectivity index (χ2n) is 5.62. The van der Waals surface area contributed by atoms with Gasteiger partial charge in [0.25, 0.3) is 0 Å². The van der Waals surface area contributed by atoms with Crippen LogP contribution in [0.4, 0.5) is 5.69 Å². The van der Waals surface area contributed by atoms with Crippen molar-refractivity contribution < 1.29 is 4.74 Å². The van der Waals surface area contributed by atoms with Crippen molar-refractivity contribution in [3.63, 3.8) is 0 Å². The molecule has 0 fully saturated rings. The first-order chi connectivity index (χ1) is 11.8. The topological polar surface area (TPSA) is 49.9 Å². The maximum Gasteiger partial charge on any atom is 0.139 e. The van der Waals surface area contributed by atoms with Crippen LogP contribution in [0, 0.1) is 12.3 Å². The molecule has 0 unspecified atom stereocenters. The zero-order chi connectivity index (χ0) is 16.8. The fourth-order valence-corrected chi connectivity index (χ4v) is 2.68. The van der Waals surface area contributed by atoms with Crippen LogP contribution < -0.4 is 10.1 Å². The van der Waals surface area contributed by atoms with Crippen molar-refractivity contribution in [3.05, 3.63) is 42.6 Å². The van der Waals surface area contributed by atoms with Gasteiger partial charge in [0.05, 0.1) is 7.11 Å². The number of terminal acetylenes is 1. The summed E-state index contributed by atoms with van der Waals surface area (Å²) in [6, 6.07) is 12.1. The van der Waals surface area contributed by atoms with E-state index in [4.69, 9.17) is 11.2 Å². The van der Waals surface area contributed by atoms with Crippen LogP contribution in [0.1, 0.15) is 19.3 Å². The first-order valence-electron chi connectivity index (χ1n) is 8.11. The van der Waals surface area contributed by atoms with E-state index in [1.54, 1.807) is 7.11 Å². The van der Waals surface area contributed by atoms with Gasteiger partial charge in [-0.3, -0.25) is 0 Å². The monoisotopic (exact) mass is 319 g/mol. The van der Waals surface area contributed by atoms with Crippen molar-refractivity contribution in [2.45, 2.75) is 19.3 Å². The molecule has 4 heteroatoms. The van der Waals surface area contributed by atoms with E-state index in [1.165, 1.54) is 0 Å². The maximum absolute atomic E-state index is 5.28. The molecule has 2 heterocycles. The minimum atomic E-state index is 0.833. The highest BCUT2D eigenvalue weighted by Crippen LogP contribution is 2.28. The number of methoxy groups -OCH3 is 1. The summed E-state index contributed by atoms with van der Waals surface area (Å²) in [6.07, 6.45) is 10.0. The molecule has 0 aliphatic rings. The van der Waals surface area contributed by atoms with Crippen LogP contribution in [0.15, 0.2) is 42.6 Å². The summed E-state index contributed by atoms with van der Waals surface area (Å²) in [5.74, 6) is 3.52. The van der Waals surface area contributed by atoms with E-state index in [9.17, 15) is 0 Å². The van der Waals surface area contributed by atoms with Gasteiger partial charge in [-0.1, -0.05) is 0 Å². The van der Waals surface area contributed by atoms with Gasteiger partial charge in [0.1, 0.15) is 11.4 Å². The molecule has 0 spiro atoms. The molecule has 24 heavy (non-hydrogen) atoms. The van der Waals surface area contributed by atoms with Gasteiger partial charge in [0, 0.05) is 35.9 Å². The van der Waals surface area contributed by atoms with Crippen molar-refractivity contribution in [3.8, 4) is 29.4 Å². The molecule has 0 amide bonds. The smallest absolute Gasteiger partial charge is 0.139 e. The Morgan fingerprint density at radius 1 is 1.21 bits per heavy atom. The summed E-state index contributed by atoms with van der Waals surface area (Å²) >= 11 is 0. The fraction of sp³-hybridized carbons (Fsp3) is 0.250. The third kappa shape index (κ3) is 3.52. The Morgan fingerprint density at radius 2 is 2.04 bits per heavy atom. The zero-order valence-electron chi connectivity index (χ0n) is 13.8. The molecule has 0 aliphatic carbocycles. The van der Waals surface area contributed by atoms with Crippen molar-refractivity contribution in [2.75, 3.05) is 19.0 Å². The van der Waals surface area contributed by atoms with Gasteiger partial charge in [0.15, 0.2) is 0 Å². The highest BCUT2D eigenvalue weighted by atomic mass is 16.5. The first kappa shape index (κ1) is 15.9. The molecule has 4 nitrogen and oxygen atoms in total.